The molecule has 0 radical (unpaired) electrons. The first-order valence-electron chi connectivity index (χ1n) is 5.92. The van der Waals surface area contributed by atoms with Crippen molar-refractivity contribution in [3.8, 4) is 5.75 Å². The molecule has 0 saturated carbocycles. The third kappa shape index (κ3) is 3.91. The molecule has 0 N–H and O–H groups in total. The molecule has 5 heteroatoms. The Kier molecular flexibility index (Phi) is 5.79. The molecule has 0 spiro atoms. The standard InChI is InChI=1S/C15H12Br2Cl2O/c1-20-10-3-4-12(16)11(8-10)13(17)6-9-2-5-14(18)15(19)7-9/h2-5,7-8,13H,6H2,1H3. The van der Waals surface area contributed by atoms with Crippen LogP contribution in [0, 0.1) is 0 Å². The van der Waals surface area contributed by atoms with Crippen molar-refractivity contribution in [2.75, 3.05) is 7.11 Å². The zero-order valence-corrected chi connectivity index (χ0v) is 15.4. The number of hydrogen-bond acceptors (Lipinski definition) is 1. The molecule has 0 saturated heterocycles. The second-order valence-electron chi connectivity index (χ2n) is 4.31. The minimum absolute atomic E-state index is 0.157. The SMILES string of the molecule is COc1ccc(Br)c(C(Br)Cc2ccc(Cl)c(Cl)c2)c1. The van der Waals surface area contributed by atoms with Crippen LogP contribution in [0.25, 0.3) is 0 Å². The number of methoxy groups -OCH3 is 1. The lowest BCUT2D eigenvalue weighted by Crippen LogP contribution is -1.97. The Morgan fingerprint density at radius 2 is 1.85 bits per heavy atom. The molecule has 0 fully saturated rings. The van der Waals surface area contributed by atoms with E-state index in [1.165, 1.54) is 0 Å². The van der Waals surface area contributed by atoms with E-state index in [-0.39, 0.29) is 4.83 Å². The zero-order valence-electron chi connectivity index (χ0n) is 10.7. The summed E-state index contributed by atoms with van der Waals surface area (Å²) in [6.07, 6.45) is 0.808. The Morgan fingerprint density at radius 3 is 2.50 bits per heavy atom. The summed E-state index contributed by atoms with van der Waals surface area (Å²) in [6.45, 7) is 0. The fourth-order valence-electron chi connectivity index (χ4n) is 1.87. The fraction of sp³-hybridized carbons (Fsp3) is 0.200. The minimum atomic E-state index is 0.157. The highest BCUT2D eigenvalue weighted by Gasteiger charge is 2.14. The lowest BCUT2D eigenvalue weighted by Gasteiger charge is -2.14. The van der Waals surface area contributed by atoms with Gasteiger partial charge in [0, 0.05) is 9.30 Å². The molecule has 106 valence electrons. The first-order valence-corrected chi connectivity index (χ1v) is 8.39. The van der Waals surface area contributed by atoms with E-state index < -0.39 is 0 Å². The quantitative estimate of drug-likeness (QED) is 0.499. The summed E-state index contributed by atoms with van der Waals surface area (Å²) in [4.78, 5) is 0.157. The van der Waals surface area contributed by atoms with Crippen molar-refractivity contribution in [2.45, 2.75) is 11.2 Å². The predicted molar refractivity (Wildman–Crippen MR) is 92.5 cm³/mol. The maximum atomic E-state index is 6.05. The molecule has 2 aromatic carbocycles. The minimum Gasteiger partial charge on any atom is -0.497 e. The molecular weight excluding hydrogens is 427 g/mol. The van der Waals surface area contributed by atoms with Crippen LogP contribution in [0.3, 0.4) is 0 Å². The van der Waals surface area contributed by atoms with Crippen LogP contribution in [0.2, 0.25) is 10.0 Å². The van der Waals surface area contributed by atoms with Gasteiger partial charge in [-0.3, -0.25) is 0 Å². The lowest BCUT2D eigenvalue weighted by molar-refractivity contribution is 0.414. The summed E-state index contributed by atoms with van der Waals surface area (Å²) < 4.78 is 6.31. The highest BCUT2D eigenvalue weighted by molar-refractivity contribution is 9.11. The van der Waals surface area contributed by atoms with Gasteiger partial charge in [0.15, 0.2) is 0 Å². The van der Waals surface area contributed by atoms with Crippen LogP contribution in [-0.2, 0) is 6.42 Å². The Hall–Kier alpha value is -0.220. The van der Waals surface area contributed by atoms with Crippen molar-refractivity contribution < 1.29 is 4.74 Å². The number of hydrogen-bond donors (Lipinski definition) is 0. The summed E-state index contributed by atoms with van der Waals surface area (Å²) in [7, 11) is 1.66. The molecule has 1 atom stereocenters. The molecule has 0 aromatic heterocycles. The molecular formula is C15H12Br2Cl2O. The van der Waals surface area contributed by atoms with Gasteiger partial charge in [-0.15, -0.1) is 0 Å². The van der Waals surface area contributed by atoms with Gasteiger partial charge in [-0.1, -0.05) is 61.1 Å². The largest absolute Gasteiger partial charge is 0.497 e. The molecule has 0 amide bonds. The number of alkyl halides is 1. The van der Waals surface area contributed by atoms with Gasteiger partial charge >= 0.3 is 0 Å². The summed E-state index contributed by atoms with van der Waals surface area (Å²) in [6, 6.07) is 11.6. The first-order chi connectivity index (χ1) is 9.51. The highest BCUT2D eigenvalue weighted by atomic mass is 79.9. The monoisotopic (exact) mass is 436 g/mol. The van der Waals surface area contributed by atoms with Crippen LogP contribution in [0.1, 0.15) is 16.0 Å². The molecule has 20 heavy (non-hydrogen) atoms. The van der Waals surface area contributed by atoms with E-state index in [0.29, 0.717) is 10.0 Å². The van der Waals surface area contributed by atoms with Gasteiger partial charge in [0.25, 0.3) is 0 Å². The maximum absolute atomic E-state index is 6.05. The Morgan fingerprint density at radius 1 is 1.10 bits per heavy atom. The van der Waals surface area contributed by atoms with Crippen LogP contribution in [-0.4, -0.2) is 7.11 Å². The average Bonchev–Trinajstić information content (AvgIpc) is 2.43. The summed E-state index contributed by atoms with van der Waals surface area (Å²) >= 11 is 19.3. The van der Waals surface area contributed by atoms with E-state index in [2.05, 4.69) is 31.9 Å². The van der Waals surface area contributed by atoms with Crippen LogP contribution < -0.4 is 4.74 Å². The van der Waals surface area contributed by atoms with Crippen molar-refractivity contribution in [3.05, 3.63) is 62.0 Å². The van der Waals surface area contributed by atoms with Crippen molar-refractivity contribution in [1.82, 2.24) is 0 Å². The zero-order chi connectivity index (χ0) is 14.7. The summed E-state index contributed by atoms with van der Waals surface area (Å²) in [5.74, 6) is 0.835. The lowest BCUT2D eigenvalue weighted by atomic mass is 10.0. The topological polar surface area (TPSA) is 9.23 Å². The second-order valence-corrected chi connectivity index (χ2v) is 7.08. The van der Waals surface area contributed by atoms with Gasteiger partial charge in [0.05, 0.1) is 17.2 Å². The van der Waals surface area contributed by atoms with E-state index in [1.54, 1.807) is 7.11 Å². The third-order valence-electron chi connectivity index (χ3n) is 2.94. The van der Waals surface area contributed by atoms with E-state index in [1.807, 2.05) is 36.4 Å². The summed E-state index contributed by atoms with van der Waals surface area (Å²) in [5.41, 5.74) is 2.26. The van der Waals surface area contributed by atoms with E-state index >= 15 is 0 Å². The number of benzene rings is 2. The van der Waals surface area contributed by atoms with Crippen molar-refractivity contribution in [1.29, 1.82) is 0 Å². The average molecular weight is 439 g/mol. The summed E-state index contributed by atoms with van der Waals surface area (Å²) in [5, 5.41) is 1.15. The number of rotatable bonds is 4. The normalized spacial score (nSPS) is 12.2. The van der Waals surface area contributed by atoms with Crippen LogP contribution in [0.5, 0.6) is 5.75 Å². The van der Waals surface area contributed by atoms with Gasteiger partial charge in [-0.2, -0.15) is 0 Å². The van der Waals surface area contributed by atoms with E-state index in [4.69, 9.17) is 27.9 Å². The number of halogens is 4. The van der Waals surface area contributed by atoms with Gasteiger partial charge in [-0.25, -0.2) is 0 Å². The molecule has 2 aromatic rings. The van der Waals surface area contributed by atoms with E-state index in [9.17, 15) is 0 Å². The molecule has 1 unspecified atom stereocenters. The maximum Gasteiger partial charge on any atom is 0.119 e. The van der Waals surface area contributed by atoms with Crippen LogP contribution >= 0.6 is 55.1 Å². The second kappa shape index (κ2) is 7.17. The highest BCUT2D eigenvalue weighted by Crippen LogP contribution is 2.35. The Bertz CT molecular complexity index is 617. The van der Waals surface area contributed by atoms with Crippen LogP contribution in [0.15, 0.2) is 40.9 Å². The molecule has 1 nitrogen and oxygen atoms in total. The van der Waals surface area contributed by atoms with E-state index in [0.717, 1.165) is 27.8 Å². The van der Waals surface area contributed by atoms with Crippen LogP contribution in [0.4, 0.5) is 0 Å². The smallest absolute Gasteiger partial charge is 0.119 e. The van der Waals surface area contributed by atoms with Gasteiger partial charge in [0.1, 0.15) is 5.75 Å². The van der Waals surface area contributed by atoms with Gasteiger partial charge < -0.3 is 4.74 Å². The molecule has 0 aliphatic rings. The molecule has 0 aliphatic heterocycles. The third-order valence-corrected chi connectivity index (χ3v) is 5.22. The fourth-order valence-corrected chi connectivity index (χ4v) is 3.78. The molecule has 0 bridgehead atoms. The Labute approximate surface area is 145 Å². The van der Waals surface area contributed by atoms with Gasteiger partial charge in [-0.05, 0) is 47.9 Å². The van der Waals surface area contributed by atoms with Crippen molar-refractivity contribution in [2.24, 2.45) is 0 Å². The first kappa shape index (κ1) is 16.2. The molecule has 2 rings (SSSR count). The Balaban J connectivity index is 2.23. The predicted octanol–water partition coefficient (Wildman–Crippen LogP) is 6.44. The van der Waals surface area contributed by atoms with Crippen molar-refractivity contribution >= 4 is 55.1 Å². The van der Waals surface area contributed by atoms with Crippen molar-refractivity contribution in [3.63, 3.8) is 0 Å². The number of ether oxygens (including phenoxy) is 1. The van der Waals surface area contributed by atoms with Gasteiger partial charge in [0.2, 0.25) is 0 Å². The molecule has 0 heterocycles. The molecule has 0 aliphatic carbocycles.